The number of aromatic nitrogens is 4. The van der Waals surface area contributed by atoms with Crippen molar-refractivity contribution in [2.75, 3.05) is 20.1 Å². The number of imidazole rings is 2. The minimum absolute atomic E-state index is 0.0200. The van der Waals surface area contributed by atoms with E-state index in [1.807, 2.05) is 82.4 Å². The molecule has 1 saturated carbocycles. The van der Waals surface area contributed by atoms with Crippen molar-refractivity contribution in [3.8, 4) is 0 Å². The summed E-state index contributed by atoms with van der Waals surface area (Å²) in [5.74, 6) is -1.47. The van der Waals surface area contributed by atoms with Gasteiger partial charge in [0.25, 0.3) is 0 Å². The van der Waals surface area contributed by atoms with Gasteiger partial charge in [-0.3, -0.25) is 19.0 Å². The van der Waals surface area contributed by atoms with Gasteiger partial charge in [-0.1, -0.05) is 108 Å². The lowest BCUT2D eigenvalue weighted by atomic mass is 9.83. The van der Waals surface area contributed by atoms with Crippen LogP contribution in [0.3, 0.4) is 0 Å². The number of ether oxygens (including phenoxy) is 1. The first kappa shape index (κ1) is 49.9. The van der Waals surface area contributed by atoms with Crippen molar-refractivity contribution < 1.29 is 29.0 Å². The molecule has 0 aliphatic heterocycles. The number of aromatic amines is 1. The molecule has 1 aliphatic rings. The Hall–Kier alpha value is -5.08. The summed E-state index contributed by atoms with van der Waals surface area (Å²) >= 11 is 0. The van der Waals surface area contributed by atoms with E-state index >= 15 is 0 Å². The SMILES string of the molecule is CN(CCCCCCn1c(=O)[nH]c2ccccc21)C[C@H](O)[C@H](CC1CCCCC1)NC(=O)[C@H](Cc1cncn1C(=O)OC(C)(C)C)NC(=O)[C@@H](CC(=O)C(C)(C)C)Cc1ccccc1. The van der Waals surface area contributed by atoms with Crippen molar-refractivity contribution in [3.63, 3.8) is 0 Å². The topological polar surface area (TPSA) is 181 Å². The summed E-state index contributed by atoms with van der Waals surface area (Å²) in [6.45, 7) is 12.5. The van der Waals surface area contributed by atoms with E-state index < -0.39 is 53.0 Å². The highest BCUT2D eigenvalue weighted by atomic mass is 16.6. The van der Waals surface area contributed by atoms with Crippen LogP contribution in [-0.2, 0) is 38.5 Å². The zero-order chi connectivity index (χ0) is 46.4. The predicted octanol–water partition coefficient (Wildman–Crippen LogP) is 7.21. The molecule has 0 spiro atoms. The first-order chi connectivity index (χ1) is 30.4. The highest BCUT2D eigenvalue weighted by Gasteiger charge is 2.35. The number of hydrogen-bond acceptors (Lipinski definition) is 9. The maximum atomic E-state index is 14.7. The maximum Gasteiger partial charge on any atom is 0.420 e. The third-order valence-electron chi connectivity index (χ3n) is 12.3. The lowest BCUT2D eigenvalue weighted by Crippen LogP contribution is -2.56. The van der Waals surface area contributed by atoms with Crippen molar-refractivity contribution in [1.29, 1.82) is 0 Å². The number of ketones is 1. The van der Waals surface area contributed by atoms with Crippen LogP contribution in [0.2, 0.25) is 0 Å². The van der Waals surface area contributed by atoms with E-state index in [-0.39, 0.29) is 30.7 Å². The molecule has 2 amide bonds. The van der Waals surface area contributed by atoms with E-state index in [1.165, 1.54) is 23.5 Å². The number of rotatable bonds is 22. The Morgan fingerprint density at radius 2 is 1.58 bits per heavy atom. The van der Waals surface area contributed by atoms with Crippen molar-refractivity contribution in [1.82, 2.24) is 34.6 Å². The number of carbonyl (C=O) groups excluding carboxylic acids is 4. The number of unbranched alkanes of at least 4 members (excludes halogenated alkanes) is 3. The molecule has 1 aliphatic carbocycles. The molecule has 0 bridgehead atoms. The van der Waals surface area contributed by atoms with Gasteiger partial charge >= 0.3 is 11.8 Å². The van der Waals surface area contributed by atoms with Gasteiger partial charge in [0.05, 0.1) is 28.9 Å². The van der Waals surface area contributed by atoms with Crippen molar-refractivity contribution in [2.45, 2.75) is 155 Å². The van der Waals surface area contributed by atoms with Crippen LogP contribution in [0.15, 0.2) is 71.9 Å². The number of aliphatic hydroxyl groups excluding tert-OH is 1. The molecule has 4 N–H and O–H groups in total. The average molecular weight is 884 g/mol. The average Bonchev–Trinajstić information content (AvgIpc) is 3.84. The van der Waals surface area contributed by atoms with Crippen LogP contribution in [-0.4, -0.2) is 96.7 Å². The van der Waals surface area contributed by atoms with Gasteiger partial charge in [0, 0.05) is 43.5 Å². The molecule has 2 aromatic carbocycles. The Bertz CT molecular complexity index is 2170. The number of Topliss-reactive ketones (excluding diaryl/α,β-unsaturated/α-hetero) is 1. The molecule has 5 rings (SSSR count). The van der Waals surface area contributed by atoms with Gasteiger partial charge in [0.1, 0.15) is 23.8 Å². The maximum absolute atomic E-state index is 14.7. The Morgan fingerprint density at radius 3 is 2.28 bits per heavy atom. The quantitative estimate of drug-likeness (QED) is 0.0594. The van der Waals surface area contributed by atoms with Gasteiger partial charge in [0.15, 0.2) is 0 Å². The van der Waals surface area contributed by atoms with Gasteiger partial charge in [-0.25, -0.2) is 19.1 Å². The van der Waals surface area contributed by atoms with E-state index in [2.05, 4.69) is 25.5 Å². The predicted molar refractivity (Wildman–Crippen MR) is 250 cm³/mol. The van der Waals surface area contributed by atoms with Crippen molar-refractivity contribution in [2.24, 2.45) is 17.3 Å². The molecule has 64 heavy (non-hydrogen) atoms. The molecule has 14 heteroatoms. The minimum Gasteiger partial charge on any atom is -0.443 e. The summed E-state index contributed by atoms with van der Waals surface area (Å²) in [6, 6.07) is 15.4. The number of aliphatic hydroxyl groups is 1. The summed E-state index contributed by atoms with van der Waals surface area (Å²) in [7, 11) is 1.97. The molecule has 2 aromatic heterocycles. The number of nitrogens with zero attached hydrogens (tertiary/aromatic N) is 4. The van der Waals surface area contributed by atoms with Crippen LogP contribution in [0.5, 0.6) is 0 Å². The first-order valence-electron chi connectivity index (χ1n) is 23.3. The highest BCUT2D eigenvalue weighted by Crippen LogP contribution is 2.29. The van der Waals surface area contributed by atoms with E-state index in [1.54, 1.807) is 25.3 Å². The smallest absolute Gasteiger partial charge is 0.420 e. The zero-order valence-corrected chi connectivity index (χ0v) is 39.2. The molecular formula is C50H73N7O7. The largest absolute Gasteiger partial charge is 0.443 e. The Kier molecular flexibility index (Phi) is 18.1. The third-order valence-corrected chi connectivity index (χ3v) is 12.3. The van der Waals surface area contributed by atoms with E-state index in [9.17, 15) is 29.1 Å². The van der Waals surface area contributed by atoms with Crippen LogP contribution in [0, 0.1) is 17.3 Å². The molecule has 0 radical (unpaired) electrons. The van der Waals surface area contributed by atoms with Gasteiger partial charge in [-0.05, 0) is 83.7 Å². The number of carbonyl (C=O) groups is 4. The molecule has 14 nitrogen and oxygen atoms in total. The van der Waals surface area contributed by atoms with E-state index in [0.717, 1.165) is 74.5 Å². The van der Waals surface area contributed by atoms with Gasteiger partial charge in [-0.15, -0.1) is 0 Å². The van der Waals surface area contributed by atoms with Gasteiger partial charge in [0.2, 0.25) is 11.8 Å². The monoisotopic (exact) mass is 884 g/mol. The van der Waals surface area contributed by atoms with Crippen LogP contribution >= 0.6 is 0 Å². The standard InChI is InChI=1S/C50H73N7O7/c1-49(2,3)44(59)30-37(28-35-20-12-10-13-21-35)45(60)53-41(31-38-32-51-34-57(38)48(63)64-50(4,5)6)46(61)52-40(29-36-22-14-11-15-23-36)43(58)33-55(7)26-18-8-9-19-27-56-42-25-17-16-24-39(42)54-47(56)62/h10,12-13,16-17,20-21,24-25,32,34,36-37,40-41,43,58H,8-9,11,14-15,18-19,22-23,26-31,33H2,1-7H3,(H,52,61)(H,53,60)(H,54,62)/t37-,40+,41+,43+/m1/s1. The second kappa shape index (κ2) is 23.2. The fourth-order valence-corrected chi connectivity index (χ4v) is 8.59. The number of para-hydroxylation sites is 2. The van der Waals surface area contributed by atoms with E-state index in [0.29, 0.717) is 31.1 Å². The Labute approximate surface area is 378 Å². The van der Waals surface area contributed by atoms with E-state index in [4.69, 9.17) is 4.74 Å². The molecule has 0 unspecified atom stereocenters. The number of nitrogens with one attached hydrogen (secondary N) is 3. The molecule has 350 valence electrons. The molecule has 4 atom stereocenters. The number of amides is 2. The van der Waals surface area contributed by atoms with Gasteiger partial charge in [-0.2, -0.15) is 0 Å². The van der Waals surface area contributed by atoms with Crippen LogP contribution < -0.4 is 16.3 Å². The summed E-state index contributed by atoms with van der Waals surface area (Å²) in [5.41, 5.74) is 1.44. The zero-order valence-electron chi connectivity index (χ0n) is 39.2. The lowest BCUT2D eigenvalue weighted by molar-refractivity contribution is -0.135. The number of H-pyrrole nitrogens is 1. The Morgan fingerprint density at radius 1 is 0.891 bits per heavy atom. The third kappa shape index (κ3) is 15.3. The van der Waals surface area contributed by atoms with Gasteiger partial charge < -0.3 is 30.4 Å². The number of benzene rings is 2. The highest BCUT2D eigenvalue weighted by molar-refractivity contribution is 5.92. The fraction of sp³-hybridized carbons (Fsp3) is 0.600. The number of hydrogen-bond donors (Lipinski definition) is 4. The van der Waals surface area contributed by atoms with Crippen LogP contribution in [0.4, 0.5) is 4.79 Å². The second-order valence-corrected chi connectivity index (χ2v) is 20.0. The first-order valence-corrected chi connectivity index (χ1v) is 23.3. The summed E-state index contributed by atoms with van der Waals surface area (Å²) in [5, 5.41) is 18.1. The number of likely N-dealkylation sites (N-methyl/N-ethyl adjacent to an activating group) is 1. The summed E-state index contributed by atoms with van der Waals surface area (Å²) < 4.78 is 8.67. The number of aryl methyl sites for hydroxylation is 1. The summed E-state index contributed by atoms with van der Waals surface area (Å²) in [6.07, 6.45) is 11.1. The fourth-order valence-electron chi connectivity index (χ4n) is 8.59. The minimum atomic E-state index is -1.17. The lowest BCUT2D eigenvalue weighted by Gasteiger charge is -2.33. The molecular weight excluding hydrogens is 811 g/mol. The molecule has 4 aromatic rings. The molecule has 0 saturated heterocycles. The van der Waals surface area contributed by atoms with Crippen molar-refractivity contribution in [3.05, 3.63) is 88.9 Å². The second-order valence-electron chi connectivity index (χ2n) is 20.0. The van der Waals surface area contributed by atoms with Crippen molar-refractivity contribution >= 4 is 34.7 Å². The molecule has 1 fully saturated rings. The normalized spacial score (nSPS) is 15.7. The van der Waals surface area contributed by atoms with Crippen LogP contribution in [0.25, 0.3) is 11.0 Å². The Balaban J connectivity index is 1.30. The number of fused-ring (bicyclic) bond motifs is 1. The molecule has 2 heterocycles. The van der Waals surface area contributed by atoms with Crippen LogP contribution in [0.1, 0.15) is 123 Å². The summed E-state index contributed by atoms with van der Waals surface area (Å²) in [4.78, 5) is 77.5.